The normalized spacial score (nSPS) is 12.6. The van der Waals surface area contributed by atoms with Crippen LogP contribution in [0.4, 0.5) is 0 Å². The van der Waals surface area contributed by atoms with Crippen LogP contribution in [0.1, 0.15) is 53.3 Å². The molecular formula is C61H53N3O9S6. The van der Waals surface area contributed by atoms with E-state index in [1.54, 1.807) is 46.2 Å². The monoisotopic (exact) mass is 1160 g/mol. The van der Waals surface area contributed by atoms with Gasteiger partial charge in [-0.3, -0.25) is 29.0 Å². The Kier molecular flexibility index (Phi) is 26.4. The summed E-state index contributed by atoms with van der Waals surface area (Å²) in [4.78, 5) is 75.6. The van der Waals surface area contributed by atoms with Crippen molar-refractivity contribution in [3.05, 3.63) is 232 Å². The maximum absolute atomic E-state index is 12.9. The zero-order valence-electron chi connectivity index (χ0n) is 43.1. The molecular weight excluding hydrogens is 1110 g/mol. The SMILES string of the molecule is COC(=O)CS.COC(=O)c1ccc(-c2cccc(/C=C3\SC(=S)N(Cc4ccccc4)C3=O)c2)cc1.COC(=O)c1ccc(-c2cccc(C=O)c2)cc1.O=C1CSC(=S)N1Cc1ccccc1.S=C=NCc1ccccc1. The number of aldehydes is 1. The second kappa shape index (κ2) is 33.6. The van der Waals surface area contributed by atoms with Crippen molar-refractivity contribution in [2.24, 2.45) is 4.99 Å². The second-order valence-electron chi connectivity index (χ2n) is 16.4. The number of carbonyl (C=O) groups is 6. The number of ether oxygens (including phenoxy) is 3. The zero-order valence-corrected chi connectivity index (χ0v) is 48.1. The van der Waals surface area contributed by atoms with Crippen LogP contribution in [0, 0.1) is 0 Å². The highest BCUT2D eigenvalue weighted by Crippen LogP contribution is 2.34. The Hall–Kier alpha value is -7.67. The molecule has 18 heteroatoms. The number of carbonyl (C=O) groups excluding carboxylic acids is 6. The van der Waals surface area contributed by atoms with E-state index in [2.05, 4.69) is 44.5 Å². The third-order valence-corrected chi connectivity index (χ3v) is 14.3. The lowest BCUT2D eigenvalue weighted by Crippen LogP contribution is -2.27. The number of nitrogens with zero attached hydrogens (tertiary/aromatic N) is 3. The van der Waals surface area contributed by atoms with E-state index in [9.17, 15) is 28.8 Å². The third-order valence-electron chi connectivity index (χ3n) is 11.1. The highest BCUT2D eigenvalue weighted by atomic mass is 32.2. The van der Waals surface area contributed by atoms with Crippen LogP contribution in [0.2, 0.25) is 0 Å². The molecule has 9 rings (SSSR count). The minimum absolute atomic E-state index is 0.0771. The van der Waals surface area contributed by atoms with Gasteiger partial charge >= 0.3 is 17.9 Å². The van der Waals surface area contributed by atoms with Crippen LogP contribution in [-0.2, 0) is 48.2 Å². The number of thioether (sulfide) groups is 2. The molecule has 0 aromatic heterocycles. The van der Waals surface area contributed by atoms with E-state index in [1.807, 2.05) is 158 Å². The van der Waals surface area contributed by atoms with Crippen LogP contribution >= 0.6 is 72.8 Å². The Morgan fingerprint density at radius 2 is 1.06 bits per heavy atom. The number of benzene rings is 7. The molecule has 402 valence electrons. The van der Waals surface area contributed by atoms with Gasteiger partial charge in [-0.25, -0.2) is 14.6 Å². The fourth-order valence-electron chi connectivity index (χ4n) is 7.06. The van der Waals surface area contributed by atoms with Gasteiger partial charge in [0.2, 0.25) is 5.91 Å². The van der Waals surface area contributed by atoms with E-state index in [1.165, 1.54) is 50.4 Å². The Bertz CT molecular complexity index is 3260. The molecule has 12 nitrogen and oxygen atoms in total. The van der Waals surface area contributed by atoms with Gasteiger partial charge in [0.05, 0.1) is 73.7 Å². The molecule has 0 saturated carbocycles. The molecule has 7 aromatic carbocycles. The summed E-state index contributed by atoms with van der Waals surface area (Å²) in [7, 11) is 4.05. The van der Waals surface area contributed by atoms with Gasteiger partial charge in [0.15, 0.2) is 0 Å². The van der Waals surface area contributed by atoms with E-state index in [-0.39, 0.29) is 35.5 Å². The molecule has 79 heavy (non-hydrogen) atoms. The first kappa shape index (κ1) is 62.2. The summed E-state index contributed by atoms with van der Waals surface area (Å²) in [5.74, 6) is -0.322. The van der Waals surface area contributed by atoms with Crippen molar-refractivity contribution in [3.8, 4) is 22.3 Å². The van der Waals surface area contributed by atoms with Gasteiger partial charge in [0.25, 0.3) is 5.91 Å². The molecule has 2 aliphatic heterocycles. The smallest absolute Gasteiger partial charge is 0.337 e. The predicted molar refractivity (Wildman–Crippen MR) is 330 cm³/mol. The van der Waals surface area contributed by atoms with Crippen molar-refractivity contribution in [2.75, 3.05) is 32.8 Å². The molecule has 2 saturated heterocycles. The van der Waals surface area contributed by atoms with Crippen LogP contribution in [0.3, 0.4) is 0 Å². The van der Waals surface area contributed by atoms with Crippen molar-refractivity contribution in [1.29, 1.82) is 0 Å². The Morgan fingerprint density at radius 3 is 1.48 bits per heavy atom. The maximum atomic E-state index is 12.9. The van der Waals surface area contributed by atoms with Gasteiger partial charge in [-0.2, -0.15) is 12.6 Å². The summed E-state index contributed by atoms with van der Waals surface area (Å²) >= 11 is 21.3. The number of thiocarbonyl (C=S) groups is 3. The molecule has 0 atom stereocenters. The van der Waals surface area contributed by atoms with Crippen molar-refractivity contribution >= 4 is 129 Å². The van der Waals surface area contributed by atoms with Gasteiger partial charge in [0, 0.05) is 5.56 Å². The van der Waals surface area contributed by atoms with E-state index in [0.717, 1.165) is 45.2 Å². The maximum Gasteiger partial charge on any atom is 0.337 e. The zero-order chi connectivity index (χ0) is 56.9. The fraction of sp³-hybridized carbons (Fsp3) is 0.131. The number of isothiocyanates is 1. The number of aliphatic imine (C=N–C) groups is 1. The minimum atomic E-state index is -0.363. The number of amides is 2. The highest BCUT2D eigenvalue weighted by molar-refractivity contribution is 8.26. The van der Waals surface area contributed by atoms with Crippen LogP contribution in [0.5, 0.6) is 0 Å². The van der Waals surface area contributed by atoms with Gasteiger partial charge in [-0.1, -0.05) is 200 Å². The molecule has 2 heterocycles. The second-order valence-corrected chi connectivity index (χ2v) is 20.2. The molecule has 0 unspecified atom stereocenters. The average Bonchev–Trinajstić information content (AvgIpc) is 3.96. The molecule has 0 N–H and O–H groups in total. The number of hydrogen-bond acceptors (Lipinski definition) is 16. The van der Waals surface area contributed by atoms with Gasteiger partial charge in [-0.15, -0.1) is 0 Å². The quantitative estimate of drug-likeness (QED) is 0.0222. The first-order valence-corrected chi connectivity index (χ1v) is 27.6. The topological polar surface area (TPSA) is 149 Å². The molecule has 0 bridgehead atoms. The number of hydrogen-bond donors (Lipinski definition) is 1. The van der Waals surface area contributed by atoms with Crippen LogP contribution in [-0.4, -0.2) is 92.4 Å². The van der Waals surface area contributed by atoms with Crippen LogP contribution in [0.25, 0.3) is 28.3 Å². The summed E-state index contributed by atoms with van der Waals surface area (Å²) in [5, 5.41) is 2.32. The summed E-state index contributed by atoms with van der Waals surface area (Å²) in [5.41, 5.74) is 9.73. The summed E-state index contributed by atoms with van der Waals surface area (Å²) < 4.78 is 14.8. The minimum Gasteiger partial charge on any atom is -0.468 e. The lowest BCUT2D eigenvalue weighted by atomic mass is 10.0. The number of thiol groups is 1. The first-order chi connectivity index (χ1) is 38.3. The molecule has 2 fully saturated rings. The first-order valence-electron chi connectivity index (χ1n) is 23.9. The largest absolute Gasteiger partial charge is 0.468 e. The van der Waals surface area contributed by atoms with E-state index in [0.29, 0.717) is 55.6 Å². The van der Waals surface area contributed by atoms with E-state index in [4.69, 9.17) is 29.2 Å². The Morgan fingerprint density at radius 1 is 0.595 bits per heavy atom. The van der Waals surface area contributed by atoms with Gasteiger partial charge in [-0.05, 0) is 99.2 Å². The van der Waals surface area contributed by atoms with E-state index >= 15 is 0 Å². The molecule has 0 spiro atoms. The number of esters is 3. The van der Waals surface area contributed by atoms with Crippen LogP contribution < -0.4 is 0 Å². The molecule has 0 radical (unpaired) electrons. The molecule has 0 aliphatic carbocycles. The van der Waals surface area contributed by atoms with E-state index < -0.39 is 0 Å². The lowest BCUT2D eigenvalue weighted by Gasteiger charge is -2.14. The lowest BCUT2D eigenvalue weighted by molar-refractivity contribution is -0.137. The van der Waals surface area contributed by atoms with Crippen molar-refractivity contribution < 1.29 is 43.0 Å². The van der Waals surface area contributed by atoms with Gasteiger partial charge < -0.3 is 14.2 Å². The van der Waals surface area contributed by atoms with Crippen molar-refractivity contribution in [2.45, 2.75) is 19.6 Å². The fourth-order valence-corrected chi connectivity index (χ4v) is 9.57. The highest BCUT2D eigenvalue weighted by Gasteiger charge is 2.32. The van der Waals surface area contributed by atoms with Gasteiger partial charge in [0.1, 0.15) is 14.9 Å². The van der Waals surface area contributed by atoms with Crippen molar-refractivity contribution in [1.82, 2.24) is 9.80 Å². The standard InChI is InChI=1S/C25H19NO3S2.C15H12O3.C10H9NOS2.C8H7NS.C3H6O2S/c1-29-24(28)20-12-10-19(11-13-20)21-9-5-8-18(14-21)15-22-23(27)26(25(30)31-22)16-17-6-3-2-4-7-17;1-18-15(17)13-7-5-12(6-8-13)14-4-2-3-11(9-14)10-16;12-9-7-14-10(13)11(9)6-8-4-2-1-3-5-8;10-7-9-6-8-4-2-1-3-5-8;1-5-3(4)2-6/h2-15H,16H2,1H3;2-10H,1H3;1-5H,6-7H2;1-5H,6H2;6H,2H2,1H3/b22-15-;;;;. The Labute approximate surface area is 489 Å². The average molecular weight is 1160 g/mol. The molecule has 2 amide bonds. The summed E-state index contributed by atoms with van der Waals surface area (Å²) in [6.07, 6.45) is 2.68. The van der Waals surface area contributed by atoms with Crippen molar-refractivity contribution in [3.63, 3.8) is 0 Å². The summed E-state index contributed by atoms with van der Waals surface area (Å²) in [6, 6.07) is 59.2. The predicted octanol–water partition coefficient (Wildman–Crippen LogP) is 12.9. The number of rotatable bonds is 13. The van der Waals surface area contributed by atoms with Crippen LogP contribution in [0.15, 0.2) is 198 Å². The number of methoxy groups -OCH3 is 3. The molecule has 7 aromatic rings. The third kappa shape index (κ3) is 20.3. The summed E-state index contributed by atoms with van der Waals surface area (Å²) in [6.45, 7) is 1.71. The molecule has 2 aliphatic rings. The Balaban J connectivity index is 0.000000203.